The molecule has 6 nitrogen and oxygen atoms in total. The number of nitrogens with one attached hydrogen (secondary N) is 1. The average molecular weight is 252 g/mol. The van der Waals surface area contributed by atoms with Crippen LogP contribution in [0.1, 0.15) is 30.6 Å². The van der Waals surface area contributed by atoms with E-state index in [0.717, 1.165) is 0 Å². The van der Waals surface area contributed by atoms with Crippen LogP contribution in [0, 0.1) is 10.1 Å². The van der Waals surface area contributed by atoms with Crippen LogP contribution < -0.4 is 5.32 Å². The molecule has 2 N–H and O–H groups in total. The Bertz CT molecular complexity index is 455. The molecular weight excluding hydrogens is 236 g/mol. The Balaban J connectivity index is 3.01. The van der Waals surface area contributed by atoms with E-state index < -0.39 is 16.4 Å². The van der Waals surface area contributed by atoms with Gasteiger partial charge < -0.3 is 10.4 Å². The second-order valence-electron chi connectivity index (χ2n) is 4.30. The average Bonchev–Trinajstić information content (AvgIpc) is 2.38. The van der Waals surface area contributed by atoms with E-state index >= 15 is 0 Å². The SMILES string of the molecule is CCC(C)(CO)NC(=O)c1ccccc1[N+](=O)[O-]. The lowest BCUT2D eigenvalue weighted by Crippen LogP contribution is -2.48. The molecule has 1 aromatic carbocycles. The first-order valence-electron chi connectivity index (χ1n) is 5.60. The van der Waals surface area contributed by atoms with Crippen LogP contribution in [0.2, 0.25) is 0 Å². The Morgan fingerprint density at radius 2 is 2.11 bits per heavy atom. The smallest absolute Gasteiger partial charge is 0.282 e. The van der Waals surface area contributed by atoms with E-state index in [9.17, 15) is 20.0 Å². The van der Waals surface area contributed by atoms with Crippen molar-refractivity contribution in [3.05, 3.63) is 39.9 Å². The third kappa shape index (κ3) is 3.04. The second-order valence-corrected chi connectivity index (χ2v) is 4.30. The molecule has 1 unspecified atom stereocenters. The van der Waals surface area contributed by atoms with Crippen molar-refractivity contribution < 1.29 is 14.8 Å². The third-order valence-corrected chi connectivity index (χ3v) is 2.89. The molecule has 0 fully saturated rings. The summed E-state index contributed by atoms with van der Waals surface area (Å²) in [7, 11) is 0. The van der Waals surface area contributed by atoms with Gasteiger partial charge in [-0.1, -0.05) is 19.1 Å². The molecule has 18 heavy (non-hydrogen) atoms. The maximum Gasteiger partial charge on any atom is 0.282 e. The number of rotatable bonds is 5. The van der Waals surface area contributed by atoms with Gasteiger partial charge in [0.05, 0.1) is 17.1 Å². The zero-order chi connectivity index (χ0) is 13.8. The predicted octanol–water partition coefficient (Wildman–Crippen LogP) is 1.49. The monoisotopic (exact) mass is 252 g/mol. The molecule has 0 saturated heterocycles. The van der Waals surface area contributed by atoms with Crippen LogP contribution in [0.25, 0.3) is 0 Å². The predicted molar refractivity (Wildman–Crippen MR) is 66.3 cm³/mol. The van der Waals surface area contributed by atoms with Crippen molar-refractivity contribution in [3.63, 3.8) is 0 Å². The lowest BCUT2D eigenvalue weighted by atomic mass is 9.99. The summed E-state index contributed by atoms with van der Waals surface area (Å²) in [5.41, 5.74) is -1.03. The fraction of sp³-hybridized carbons (Fsp3) is 0.417. The Hall–Kier alpha value is -1.95. The molecule has 6 heteroatoms. The number of nitrogens with zero attached hydrogens (tertiary/aromatic N) is 1. The fourth-order valence-electron chi connectivity index (χ4n) is 1.41. The Kier molecular flexibility index (Phi) is 4.38. The number of amides is 1. The highest BCUT2D eigenvalue weighted by Gasteiger charge is 2.27. The number of hydrogen-bond donors (Lipinski definition) is 2. The number of aliphatic hydroxyl groups excluding tert-OH is 1. The van der Waals surface area contributed by atoms with Crippen LogP contribution in [0.3, 0.4) is 0 Å². The van der Waals surface area contributed by atoms with Gasteiger partial charge in [-0.05, 0) is 19.4 Å². The van der Waals surface area contributed by atoms with Gasteiger partial charge in [-0.25, -0.2) is 0 Å². The molecule has 1 aromatic rings. The number of benzene rings is 1. The van der Waals surface area contributed by atoms with Gasteiger partial charge in [0.1, 0.15) is 5.56 Å². The van der Waals surface area contributed by atoms with Crippen molar-refractivity contribution in [2.75, 3.05) is 6.61 Å². The van der Waals surface area contributed by atoms with Crippen molar-refractivity contribution >= 4 is 11.6 Å². The minimum atomic E-state index is -0.777. The molecule has 0 aliphatic heterocycles. The summed E-state index contributed by atoms with van der Waals surface area (Å²) < 4.78 is 0. The topological polar surface area (TPSA) is 92.5 Å². The number of nitro benzene ring substituents is 1. The molecule has 1 atom stereocenters. The van der Waals surface area contributed by atoms with Crippen LogP contribution in [0.4, 0.5) is 5.69 Å². The van der Waals surface area contributed by atoms with Crippen LogP contribution >= 0.6 is 0 Å². The van der Waals surface area contributed by atoms with Gasteiger partial charge >= 0.3 is 0 Å². The minimum absolute atomic E-state index is 0.00405. The Morgan fingerprint density at radius 1 is 1.50 bits per heavy atom. The van der Waals surface area contributed by atoms with E-state index in [-0.39, 0.29) is 17.9 Å². The van der Waals surface area contributed by atoms with Gasteiger partial charge in [-0.15, -0.1) is 0 Å². The summed E-state index contributed by atoms with van der Waals surface area (Å²) in [5, 5.41) is 22.6. The van der Waals surface area contributed by atoms with Crippen molar-refractivity contribution in [2.45, 2.75) is 25.8 Å². The molecule has 0 radical (unpaired) electrons. The number of hydrogen-bond acceptors (Lipinski definition) is 4. The Labute approximate surface area is 105 Å². The minimum Gasteiger partial charge on any atom is -0.394 e. The van der Waals surface area contributed by atoms with Crippen LogP contribution in [-0.2, 0) is 0 Å². The number of para-hydroxylation sites is 1. The van der Waals surface area contributed by atoms with Crippen molar-refractivity contribution in [2.24, 2.45) is 0 Å². The first-order valence-corrected chi connectivity index (χ1v) is 5.60. The molecule has 0 spiro atoms. The van der Waals surface area contributed by atoms with E-state index in [0.29, 0.717) is 6.42 Å². The van der Waals surface area contributed by atoms with E-state index in [1.807, 2.05) is 6.92 Å². The highest BCUT2D eigenvalue weighted by atomic mass is 16.6. The summed E-state index contributed by atoms with van der Waals surface area (Å²) in [6.45, 7) is 3.27. The molecular formula is C12H16N2O4. The Morgan fingerprint density at radius 3 is 2.61 bits per heavy atom. The summed E-state index contributed by atoms with van der Waals surface area (Å²) >= 11 is 0. The number of carbonyl (C=O) groups excluding carboxylic acids is 1. The van der Waals surface area contributed by atoms with E-state index in [2.05, 4.69) is 5.32 Å². The largest absolute Gasteiger partial charge is 0.394 e. The third-order valence-electron chi connectivity index (χ3n) is 2.89. The van der Waals surface area contributed by atoms with Gasteiger partial charge in [0.25, 0.3) is 11.6 Å². The zero-order valence-corrected chi connectivity index (χ0v) is 10.3. The molecule has 0 aliphatic carbocycles. The van der Waals surface area contributed by atoms with E-state index in [1.54, 1.807) is 13.0 Å². The highest BCUT2D eigenvalue weighted by Crippen LogP contribution is 2.19. The number of aliphatic hydroxyl groups is 1. The van der Waals surface area contributed by atoms with Gasteiger partial charge in [-0.3, -0.25) is 14.9 Å². The lowest BCUT2D eigenvalue weighted by Gasteiger charge is -2.27. The first kappa shape index (κ1) is 14.1. The van der Waals surface area contributed by atoms with Gasteiger partial charge in [0.15, 0.2) is 0 Å². The molecule has 0 aromatic heterocycles. The van der Waals surface area contributed by atoms with Crippen LogP contribution in [0.5, 0.6) is 0 Å². The normalized spacial score (nSPS) is 13.7. The summed E-state index contributed by atoms with van der Waals surface area (Å²) in [4.78, 5) is 22.2. The van der Waals surface area contributed by atoms with Crippen LogP contribution in [-0.4, -0.2) is 28.1 Å². The zero-order valence-electron chi connectivity index (χ0n) is 10.3. The van der Waals surface area contributed by atoms with Gasteiger partial charge in [0, 0.05) is 6.07 Å². The van der Waals surface area contributed by atoms with Gasteiger partial charge in [-0.2, -0.15) is 0 Å². The molecule has 98 valence electrons. The van der Waals surface area contributed by atoms with Crippen molar-refractivity contribution in [3.8, 4) is 0 Å². The molecule has 0 saturated carbocycles. The first-order chi connectivity index (χ1) is 8.43. The molecule has 1 amide bonds. The molecule has 0 heterocycles. The maximum absolute atomic E-state index is 12.0. The van der Waals surface area contributed by atoms with E-state index in [1.165, 1.54) is 18.2 Å². The summed E-state index contributed by atoms with van der Waals surface area (Å²) in [6.07, 6.45) is 0.524. The number of nitro groups is 1. The maximum atomic E-state index is 12.0. The molecule has 0 aliphatic rings. The standard InChI is InChI=1S/C12H16N2O4/c1-3-12(2,8-15)13-11(16)9-6-4-5-7-10(9)14(17)18/h4-7,15H,3,8H2,1-2H3,(H,13,16). The summed E-state index contributed by atoms with van der Waals surface area (Å²) in [5.74, 6) is -0.555. The molecule has 1 rings (SSSR count). The van der Waals surface area contributed by atoms with Crippen molar-refractivity contribution in [1.82, 2.24) is 5.32 Å². The highest BCUT2D eigenvalue weighted by molar-refractivity contribution is 5.98. The quantitative estimate of drug-likeness (QED) is 0.613. The fourth-order valence-corrected chi connectivity index (χ4v) is 1.41. The van der Waals surface area contributed by atoms with Gasteiger partial charge in [0.2, 0.25) is 0 Å². The number of carbonyl (C=O) groups is 1. The van der Waals surface area contributed by atoms with Crippen LogP contribution in [0.15, 0.2) is 24.3 Å². The lowest BCUT2D eigenvalue weighted by molar-refractivity contribution is -0.385. The summed E-state index contributed by atoms with van der Waals surface area (Å²) in [6, 6.07) is 5.72. The molecule has 0 bridgehead atoms. The second kappa shape index (κ2) is 5.59. The van der Waals surface area contributed by atoms with E-state index in [4.69, 9.17) is 0 Å². The van der Waals surface area contributed by atoms with Crippen molar-refractivity contribution in [1.29, 1.82) is 0 Å².